The van der Waals surface area contributed by atoms with Crippen molar-refractivity contribution < 1.29 is 19.4 Å². The Balaban J connectivity index is 0.00000143. The molecule has 2 aromatic carbocycles. The van der Waals surface area contributed by atoms with Crippen molar-refractivity contribution in [2.75, 3.05) is 19.5 Å². The lowest BCUT2D eigenvalue weighted by atomic mass is 10.0. The molecule has 0 aliphatic rings. The van der Waals surface area contributed by atoms with Crippen LogP contribution in [-0.2, 0) is 16.1 Å². The van der Waals surface area contributed by atoms with Gasteiger partial charge in [-0.25, -0.2) is 9.78 Å². The Hall–Kier alpha value is -4.59. The molecule has 0 aliphatic carbocycles. The molecule has 278 valence electrons. The predicted octanol–water partition coefficient (Wildman–Crippen LogP) is 11.5. The summed E-state index contributed by atoms with van der Waals surface area (Å²) in [6.07, 6.45) is 18.5. The zero-order chi connectivity index (χ0) is 38.6. The predicted molar refractivity (Wildman–Crippen MR) is 221 cm³/mol. The molecule has 1 atom stereocenters. The Morgan fingerprint density at radius 1 is 1.10 bits per heavy atom. The van der Waals surface area contributed by atoms with Crippen LogP contribution >= 0.6 is 23.2 Å². The molecule has 52 heavy (non-hydrogen) atoms. The van der Waals surface area contributed by atoms with Gasteiger partial charge in [-0.15, -0.1) is 11.6 Å². The number of aromatic nitrogens is 2. The summed E-state index contributed by atoms with van der Waals surface area (Å²) in [6, 6.07) is 14.5. The number of carbonyl (C=O) groups excluding carboxylic acids is 1. The first-order chi connectivity index (χ1) is 24.9. The monoisotopic (exact) mass is 745 g/mol. The fourth-order valence-corrected chi connectivity index (χ4v) is 5.60. The molecule has 1 heterocycles. The molecule has 0 saturated carbocycles. The van der Waals surface area contributed by atoms with Gasteiger partial charge in [-0.05, 0) is 73.1 Å². The number of alkyl halides is 1. The van der Waals surface area contributed by atoms with Crippen molar-refractivity contribution in [3.8, 4) is 16.9 Å². The first-order valence-electron chi connectivity index (χ1n) is 17.4. The SMILES string of the molecule is C=C/C(=C\C/C=C(\CC)Cn1cc(/C(=C/C)C/C(Cl)=C\C(C)Cl)nc1/C=C/c1ccc(-c2ccc(NC)c(OC)c2)cc1)C(=O)O.CC(C)CC=O. The minimum Gasteiger partial charge on any atom is -0.495 e. The second kappa shape index (κ2) is 23.1. The van der Waals surface area contributed by atoms with E-state index in [0.29, 0.717) is 36.8 Å². The van der Waals surface area contributed by atoms with Crippen molar-refractivity contribution in [3.05, 3.63) is 119 Å². The number of carboxylic acids is 1. The number of halogens is 2. The summed E-state index contributed by atoms with van der Waals surface area (Å²) in [4.78, 5) is 26.0. The summed E-state index contributed by atoms with van der Waals surface area (Å²) < 4.78 is 7.65. The highest BCUT2D eigenvalue weighted by molar-refractivity contribution is 6.31. The van der Waals surface area contributed by atoms with E-state index in [2.05, 4.69) is 65.9 Å². The first-order valence-corrected chi connectivity index (χ1v) is 18.3. The maximum atomic E-state index is 11.4. The van der Waals surface area contributed by atoms with Crippen LogP contribution < -0.4 is 10.1 Å². The molecule has 3 rings (SSSR count). The molecular weight excluding hydrogens is 693 g/mol. The quantitative estimate of drug-likeness (QED) is 0.0443. The number of nitrogens with one attached hydrogen (secondary N) is 1. The normalized spacial score (nSPS) is 13.1. The second-order valence-electron chi connectivity index (χ2n) is 12.4. The summed E-state index contributed by atoms with van der Waals surface area (Å²) in [7, 11) is 3.54. The highest BCUT2D eigenvalue weighted by Gasteiger charge is 2.13. The Labute approximate surface area is 320 Å². The molecule has 2 N–H and O–H groups in total. The van der Waals surface area contributed by atoms with E-state index in [0.717, 1.165) is 63.5 Å². The number of imidazole rings is 1. The molecule has 3 aromatic rings. The summed E-state index contributed by atoms with van der Waals surface area (Å²) in [5.41, 5.74) is 7.31. The molecule has 0 amide bonds. The van der Waals surface area contributed by atoms with Crippen LogP contribution in [0.2, 0.25) is 0 Å². The van der Waals surface area contributed by atoms with Gasteiger partial charge >= 0.3 is 5.97 Å². The number of carboxylic acid groups (broad SMARTS) is 1. The third-order valence-electron chi connectivity index (χ3n) is 8.00. The average molecular weight is 747 g/mol. The molecule has 0 fully saturated rings. The zero-order valence-electron chi connectivity index (χ0n) is 31.5. The third-order valence-corrected chi connectivity index (χ3v) is 8.39. The van der Waals surface area contributed by atoms with Gasteiger partial charge in [0.25, 0.3) is 0 Å². The lowest BCUT2D eigenvalue weighted by molar-refractivity contribution is -0.132. The van der Waals surface area contributed by atoms with Crippen LogP contribution in [-0.4, -0.2) is 46.4 Å². The number of rotatable bonds is 18. The van der Waals surface area contributed by atoms with Gasteiger partial charge in [0.05, 0.1) is 29.4 Å². The molecule has 9 heteroatoms. The molecule has 0 bridgehead atoms. The number of carbonyl (C=O) groups is 2. The Morgan fingerprint density at radius 2 is 1.79 bits per heavy atom. The Morgan fingerprint density at radius 3 is 2.31 bits per heavy atom. The number of aliphatic carboxylic acids is 1. The van der Waals surface area contributed by atoms with E-state index >= 15 is 0 Å². The fourth-order valence-electron chi connectivity index (χ4n) is 5.05. The number of benzene rings is 2. The summed E-state index contributed by atoms with van der Waals surface area (Å²) in [5, 5.41) is 12.9. The standard InChI is InChI=1S/C38H43Cl2N3O3.C5H10O/c1-7-27(11-10-12-29(8-2)38(44)45)24-43-25-35(30(9-3)22-33(40)21-26(4)39)42-37(43)20-15-28-13-16-31(17-14-28)32-18-19-34(41-5)36(23-32)46-6;1-5(2)3-4-6/h8-9,11-21,23,25-26,41H,2,7,10,22,24H2,1,3-6H3,(H,44,45);4-5H,3H2,1-2H3/b20-15+,27-11+,29-12+,30-9+,33-21+;. The van der Waals surface area contributed by atoms with Crippen LogP contribution in [0.15, 0.2) is 102 Å². The number of allylic oxidation sites excluding steroid dienone is 7. The van der Waals surface area contributed by atoms with E-state index in [1.54, 1.807) is 13.2 Å². The van der Waals surface area contributed by atoms with E-state index in [4.69, 9.17) is 32.9 Å². The van der Waals surface area contributed by atoms with Crippen molar-refractivity contribution >= 4 is 58.9 Å². The van der Waals surface area contributed by atoms with Gasteiger partial charge < -0.3 is 24.5 Å². The van der Waals surface area contributed by atoms with Gasteiger partial charge in [-0.3, -0.25) is 0 Å². The molecule has 0 aliphatic heterocycles. The van der Waals surface area contributed by atoms with Crippen LogP contribution in [0.4, 0.5) is 5.69 Å². The molecule has 1 unspecified atom stereocenters. The number of ether oxygens (including phenoxy) is 1. The molecule has 1 aromatic heterocycles. The third kappa shape index (κ3) is 14.6. The first kappa shape index (κ1) is 43.6. The van der Waals surface area contributed by atoms with Crippen molar-refractivity contribution in [1.29, 1.82) is 0 Å². The van der Waals surface area contributed by atoms with Crippen molar-refractivity contribution in [2.45, 2.75) is 72.2 Å². The second-order valence-corrected chi connectivity index (χ2v) is 13.6. The summed E-state index contributed by atoms with van der Waals surface area (Å²) >= 11 is 12.7. The molecule has 0 radical (unpaired) electrons. The number of hydrogen-bond acceptors (Lipinski definition) is 5. The molecule has 0 spiro atoms. The average Bonchev–Trinajstić information content (AvgIpc) is 3.52. The van der Waals surface area contributed by atoms with Crippen LogP contribution in [0.1, 0.15) is 77.4 Å². The highest BCUT2D eigenvalue weighted by Crippen LogP contribution is 2.31. The molecule has 0 saturated heterocycles. The minimum atomic E-state index is -0.984. The van der Waals surface area contributed by atoms with Crippen molar-refractivity contribution in [2.24, 2.45) is 5.92 Å². The van der Waals surface area contributed by atoms with Crippen molar-refractivity contribution in [1.82, 2.24) is 9.55 Å². The van der Waals surface area contributed by atoms with Crippen LogP contribution in [0.5, 0.6) is 5.75 Å². The largest absolute Gasteiger partial charge is 0.495 e. The maximum Gasteiger partial charge on any atom is 0.335 e. The highest BCUT2D eigenvalue weighted by atomic mass is 35.5. The summed E-state index contributed by atoms with van der Waals surface area (Å²) in [6.45, 7) is 14.2. The number of anilines is 1. The lowest BCUT2D eigenvalue weighted by Gasteiger charge is -2.10. The molecule has 7 nitrogen and oxygen atoms in total. The lowest BCUT2D eigenvalue weighted by Crippen LogP contribution is -2.02. The number of hydrogen-bond donors (Lipinski definition) is 2. The number of aldehydes is 1. The van der Waals surface area contributed by atoms with Gasteiger partial charge in [-0.2, -0.15) is 0 Å². The Kier molecular flexibility index (Phi) is 19.3. The van der Waals surface area contributed by atoms with E-state index in [1.165, 1.54) is 6.08 Å². The van der Waals surface area contributed by atoms with Crippen LogP contribution in [0.3, 0.4) is 0 Å². The van der Waals surface area contributed by atoms with Crippen LogP contribution in [0.25, 0.3) is 28.9 Å². The van der Waals surface area contributed by atoms with Crippen LogP contribution in [0, 0.1) is 5.92 Å². The van der Waals surface area contributed by atoms with E-state index in [1.807, 2.05) is 71.3 Å². The Bertz CT molecular complexity index is 1780. The summed E-state index contributed by atoms with van der Waals surface area (Å²) in [5.74, 6) is 1.13. The van der Waals surface area contributed by atoms with Gasteiger partial charge in [-0.1, -0.05) is 111 Å². The smallest absolute Gasteiger partial charge is 0.335 e. The maximum absolute atomic E-state index is 11.4. The minimum absolute atomic E-state index is 0.170. The zero-order valence-corrected chi connectivity index (χ0v) is 33.0. The van der Waals surface area contributed by atoms with Gasteiger partial charge in [0, 0.05) is 37.7 Å². The number of methoxy groups -OCH3 is 1. The van der Waals surface area contributed by atoms with Gasteiger partial charge in [0.1, 0.15) is 17.9 Å². The number of nitrogens with zero attached hydrogens (tertiary/aromatic N) is 2. The topological polar surface area (TPSA) is 93.4 Å². The fraction of sp³-hybridized carbons (Fsp3) is 0.326. The van der Waals surface area contributed by atoms with E-state index in [-0.39, 0.29) is 11.0 Å². The van der Waals surface area contributed by atoms with E-state index < -0.39 is 5.97 Å². The van der Waals surface area contributed by atoms with E-state index in [9.17, 15) is 14.7 Å². The van der Waals surface area contributed by atoms with Gasteiger partial charge in [0.2, 0.25) is 0 Å². The molecular formula is C43H53Cl2N3O4. The van der Waals surface area contributed by atoms with Gasteiger partial charge in [0.15, 0.2) is 0 Å². The van der Waals surface area contributed by atoms with Crippen molar-refractivity contribution in [3.63, 3.8) is 0 Å².